The van der Waals surface area contributed by atoms with Crippen molar-refractivity contribution >= 4 is 29.2 Å². The van der Waals surface area contributed by atoms with Gasteiger partial charge in [-0.25, -0.2) is 0 Å². The smallest absolute Gasteiger partial charge is 0.313 e. The number of benzene rings is 2. The zero-order chi connectivity index (χ0) is 29.1. The first-order chi connectivity index (χ1) is 19.1. The third-order valence-corrected chi connectivity index (χ3v) is 7.28. The molecule has 6 nitrogen and oxygen atoms in total. The fraction of sp³-hybridized carbons (Fsp3) is 0.515. The molecule has 1 aliphatic rings. The van der Waals surface area contributed by atoms with Gasteiger partial charge in [-0.05, 0) is 107 Å². The molecule has 0 fully saturated rings. The van der Waals surface area contributed by atoms with Crippen LogP contribution in [-0.2, 0) is 32.1 Å². The van der Waals surface area contributed by atoms with Crippen LogP contribution in [0.25, 0.3) is 0 Å². The average molecular weight is 570 g/mol. The summed E-state index contributed by atoms with van der Waals surface area (Å²) < 4.78 is 17.1. The minimum absolute atomic E-state index is 0.124. The number of hydrogen-bond acceptors (Lipinski definition) is 6. The highest BCUT2D eigenvalue weighted by Gasteiger charge is 2.29. The maximum absolute atomic E-state index is 13.3. The molecule has 0 amide bonds. The largest absolute Gasteiger partial charge is 0.487 e. The van der Waals surface area contributed by atoms with Crippen molar-refractivity contribution in [3.8, 4) is 5.75 Å². The van der Waals surface area contributed by atoms with E-state index in [0.29, 0.717) is 13.0 Å². The molecule has 2 aromatic carbocycles. The molecule has 0 aliphatic carbocycles. The Balaban J connectivity index is 2.00. The van der Waals surface area contributed by atoms with Crippen molar-refractivity contribution in [1.29, 1.82) is 0 Å². The molecular weight excluding hydrogens is 526 g/mol. The quantitative estimate of drug-likeness (QED) is 0.165. The van der Waals surface area contributed by atoms with Crippen LogP contribution >= 0.6 is 11.6 Å². The van der Waals surface area contributed by atoms with Crippen LogP contribution in [-0.4, -0.2) is 37.7 Å². The number of allylic oxidation sites excluding steroid dienone is 1. The zero-order valence-corrected chi connectivity index (χ0v) is 25.2. The molecule has 0 saturated carbocycles. The lowest BCUT2D eigenvalue weighted by Crippen LogP contribution is -2.29. The van der Waals surface area contributed by atoms with Gasteiger partial charge in [0, 0.05) is 24.5 Å². The van der Waals surface area contributed by atoms with E-state index in [-0.39, 0.29) is 18.4 Å². The molecule has 0 saturated heterocycles. The van der Waals surface area contributed by atoms with Crippen LogP contribution in [0, 0.1) is 0 Å². The van der Waals surface area contributed by atoms with Crippen LogP contribution in [0.15, 0.2) is 49.1 Å². The number of hydrogen-bond donors (Lipinski definition) is 0. The van der Waals surface area contributed by atoms with Crippen molar-refractivity contribution in [3.63, 3.8) is 0 Å². The number of carbonyl (C=O) groups is 2. The fourth-order valence-corrected chi connectivity index (χ4v) is 5.16. The Kier molecular flexibility index (Phi) is 11.9. The van der Waals surface area contributed by atoms with Gasteiger partial charge in [0.05, 0.1) is 18.7 Å². The van der Waals surface area contributed by atoms with Crippen LogP contribution in [0.2, 0.25) is 5.02 Å². The van der Waals surface area contributed by atoms with Crippen molar-refractivity contribution < 1.29 is 23.8 Å². The number of anilines is 1. The average Bonchev–Trinajstić information content (AvgIpc) is 2.93. The maximum atomic E-state index is 13.3. The molecular formula is C33H44ClNO5. The first-order valence-electron chi connectivity index (χ1n) is 14.3. The Labute approximate surface area is 244 Å². The third-order valence-electron chi connectivity index (χ3n) is 7.04. The lowest BCUT2D eigenvalue weighted by Gasteiger charge is -2.29. The van der Waals surface area contributed by atoms with Gasteiger partial charge in [-0.1, -0.05) is 29.8 Å². The Hall–Kier alpha value is -2.99. The molecule has 2 aromatic rings. The number of fused-ring (bicyclic) bond motifs is 2. The van der Waals surface area contributed by atoms with Crippen molar-refractivity contribution in [3.05, 3.63) is 70.8 Å². The number of aryl methyl sites for hydroxylation is 1. The van der Waals surface area contributed by atoms with Gasteiger partial charge in [0.15, 0.2) is 0 Å². The van der Waals surface area contributed by atoms with Crippen molar-refractivity contribution in [2.45, 2.75) is 90.3 Å². The molecule has 218 valence electrons. The molecule has 7 heteroatoms. The molecule has 0 radical (unpaired) electrons. The van der Waals surface area contributed by atoms with Gasteiger partial charge in [0.1, 0.15) is 18.0 Å². The summed E-state index contributed by atoms with van der Waals surface area (Å²) in [6, 6.07) is 11.9. The van der Waals surface area contributed by atoms with Gasteiger partial charge in [-0.2, -0.15) is 0 Å². The van der Waals surface area contributed by atoms with E-state index in [1.54, 1.807) is 0 Å². The number of halogens is 1. The monoisotopic (exact) mass is 569 g/mol. The number of nitrogens with zero attached hydrogens (tertiary/aromatic N) is 1. The predicted octanol–water partition coefficient (Wildman–Crippen LogP) is 7.80. The van der Waals surface area contributed by atoms with Crippen LogP contribution in [0.1, 0.15) is 88.3 Å². The summed E-state index contributed by atoms with van der Waals surface area (Å²) in [6.45, 7) is 11.6. The van der Waals surface area contributed by atoms with E-state index >= 15 is 0 Å². The summed E-state index contributed by atoms with van der Waals surface area (Å²) >= 11 is 6.31. The molecule has 1 atom stereocenters. The molecule has 0 bridgehead atoms. The maximum Gasteiger partial charge on any atom is 0.313 e. The summed E-state index contributed by atoms with van der Waals surface area (Å²) in [4.78, 5) is 27.7. The van der Waals surface area contributed by atoms with E-state index in [9.17, 15) is 9.59 Å². The van der Waals surface area contributed by atoms with Crippen molar-refractivity contribution in [2.75, 3.05) is 25.1 Å². The molecule has 1 aliphatic heterocycles. The topological polar surface area (TPSA) is 65.1 Å². The van der Waals surface area contributed by atoms with Crippen LogP contribution in [0.3, 0.4) is 0 Å². The molecule has 0 N–H and O–H groups in total. The highest BCUT2D eigenvalue weighted by atomic mass is 35.5. The Morgan fingerprint density at radius 3 is 2.65 bits per heavy atom. The molecule has 0 unspecified atom stereocenters. The Morgan fingerprint density at radius 2 is 1.93 bits per heavy atom. The Morgan fingerprint density at radius 1 is 1.12 bits per heavy atom. The molecule has 0 aromatic heterocycles. The summed E-state index contributed by atoms with van der Waals surface area (Å²) in [5.41, 5.74) is 3.47. The molecule has 3 rings (SSSR count). The lowest BCUT2D eigenvalue weighted by molar-refractivity contribution is -0.157. The highest BCUT2D eigenvalue weighted by Crippen LogP contribution is 2.36. The standard InChI is InChI=1S/C33H44ClNO5/c1-6-7-8-10-19-35-20-11-9-12-24-21-27(34)15-13-26(24)23-39-30-17-14-25(22-29(30)35)28(16-18-31(36)38-5)32(37)40-33(2,3)4/h6,13-15,17,21-22,28H,1,7-12,16,18-20,23H2,2-5H3/t28-/m1/s1. The van der Waals surface area contributed by atoms with E-state index in [0.717, 1.165) is 79.2 Å². The van der Waals surface area contributed by atoms with Crippen LogP contribution < -0.4 is 9.64 Å². The number of unbranched alkanes of at least 4 members (excludes halogenated alkanes) is 2. The predicted molar refractivity (Wildman–Crippen MR) is 161 cm³/mol. The SMILES string of the molecule is C=CCCCCN1CCCCc2cc(Cl)ccc2COc2ccc([C@@H](CCC(=O)OC)C(=O)OC(C)(C)C)cc21. The van der Waals surface area contributed by atoms with E-state index in [1.807, 2.05) is 57.2 Å². The van der Waals surface area contributed by atoms with E-state index in [2.05, 4.69) is 17.5 Å². The van der Waals surface area contributed by atoms with Crippen molar-refractivity contribution in [1.82, 2.24) is 0 Å². The van der Waals surface area contributed by atoms with Gasteiger partial charge >= 0.3 is 11.9 Å². The summed E-state index contributed by atoms with van der Waals surface area (Å²) in [7, 11) is 1.36. The highest BCUT2D eigenvalue weighted by molar-refractivity contribution is 6.30. The lowest BCUT2D eigenvalue weighted by atomic mass is 9.93. The van der Waals surface area contributed by atoms with Gasteiger partial charge in [0.2, 0.25) is 0 Å². The second-order valence-electron chi connectivity index (χ2n) is 11.4. The summed E-state index contributed by atoms with van der Waals surface area (Å²) in [5, 5.41) is 0.739. The van der Waals surface area contributed by atoms with E-state index in [4.69, 9.17) is 25.8 Å². The minimum Gasteiger partial charge on any atom is -0.487 e. The number of ether oxygens (including phenoxy) is 3. The van der Waals surface area contributed by atoms with Crippen molar-refractivity contribution in [2.24, 2.45) is 0 Å². The van der Waals surface area contributed by atoms with Crippen LogP contribution in [0.5, 0.6) is 5.75 Å². The first-order valence-corrected chi connectivity index (χ1v) is 14.7. The fourth-order valence-electron chi connectivity index (χ4n) is 4.96. The third kappa shape index (κ3) is 9.58. The van der Waals surface area contributed by atoms with Gasteiger partial charge in [0.25, 0.3) is 0 Å². The van der Waals surface area contributed by atoms with Gasteiger partial charge in [-0.15, -0.1) is 6.58 Å². The number of rotatable bonds is 10. The summed E-state index contributed by atoms with van der Waals surface area (Å²) in [6.07, 6.45) is 8.41. The Bertz CT molecular complexity index is 1160. The number of carbonyl (C=O) groups excluding carboxylic acids is 2. The second-order valence-corrected chi connectivity index (χ2v) is 11.8. The van der Waals surface area contributed by atoms with E-state index in [1.165, 1.54) is 12.7 Å². The molecule has 0 spiro atoms. The number of methoxy groups -OCH3 is 1. The molecule has 40 heavy (non-hydrogen) atoms. The summed E-state index contributed by atoms with van der Waals surface area (Å²) in [5.74, 6) is -0.537. The first kappa shape index (κ1) is 31.5. The molecule has 1 heterocycles. The minimum atomic E-state index is -0.644. The van der Waals surface area contributed by atoms with Gasteiger partial charge < -0.3 is 19.1 Å². The van der Waals surface area contributed by atoms with E-state index < -0.39 is 11.5 Å². The second kappa shape index (κ2) is 15.1. The zero-order valence-electron chi connectivity index (χ0n) is 24.5. The normalized spacial score (nSPS) is 14.6. The number of esters is 2. The van der Waals surface area contributed by atoms with Crippen LogP contribution in [0.4, 0.5) is 5.69 Å². The van der Waals surface area contributed by atoms with Gasteiger partial charge in [-0.3, -0.25) is 9.59 Å².